The van der Waals surface area contributed by atoms with Gasteiger partial charge in [0.05, 0.1) is 5.52 Å². The maximum absolute atomic E-state index is 13.6. The molecule has 4 nitrogen and oxygen atoms in total. The molecule has 4 rings (SSSR count). The number of halogens is 3. The fourth-order valence-electron chi connectivity index (χ4n) is 2.84. The molecule has 2 aromatic heterocycles. The average molecular weight is 366 g/mol. The standard InChI is InChI=1S/C20H13F3N4/c1-24-20-14-7-11(13-8-15(21)18(23)16(22)9-13)4-5-17(14)26-19(27-20)12-3-2-6-25-10-12/h2-10H,1H3,(H,24,26,27). The minimum atomic E-state index is -1.49. The highest BCUT2D eigenvalue weighted by Crippen LogP contribution is 2.30. The molecule has 0 amide bonds. The van der Waals surface area contributed by atoms with E-state index in [0.29, 0.717) is 28.1 Å². The summed E-state index contributed by atoms with van der Waals surface area (Å²) in [6.45, 7) is 0. The Bertz CT molecular complexity index is 1120. The van der Waals surface area contributed by atoms with E-state index in [2.05, 4.69) is 20.3 Å². The van der Waals surface area contributed by atoms with Crippen LogP contribution in [0.25, 0.3) is 33.4 Å². The molecule has 0 saturated carbocycles. The van der Waals surface area contributed by atoms with E-state index in [9.17, 15) is 13.2 Å². The zero-order valence-electron chi connectivity index (χ0n) is 14.2. The number of benzene rings is 2. The summed E-state index contributed by atoms with van der Waals surface area (Å²) in [5.74, 6) is -2.89. The van der Waals surface area contributed by atoms with E-state index >= 15 is 0 Å². The predicted octanol–water partition coefficient (Wildman–Crippen LogP) is 4.82. The third kappa shape index (κ3) is 3.08. The van der Waals surface area contributed by atoms with Crippen molar-refractivity contribution in [3.05, 3.63) is 72.3 Å². The Morgan fingerprint density at radius 1 is 0.852 bits per heavy atom. The fraction of sp³-hybridized carbons (Fsp3) is 0.0500. The molecular weight excluding hydrogens is 353 g/mol. The number of rotatable bonds is 3. The van der Waals surface area contributed by atoms with E-state index in [0.717, 1.165) is 17.7 Å². The molecule has 0 aliphatic carbocycles. The van der Waals surface area contributed by atoms with Crippen molar-refractivity contribution in [2.75, 3.05) is 12.4 Å². The van der Waals surface area contributed by atoms with E-state index in [4.69, 9.17) is 0 Å². The van der Waals surface area contributed by atoms with Gasteiger partial charge in [-0.05, 0) is 47.5 Å². The van der Waals surface area contributed by atoms with Crippen LogP contribution >= 0.6 is 0 Å². The second-order valence-electron chi connectivity index (χ2n) is 5.87. The predicted molar refractivity (Wildman–Crippen MR) is 97.6 cm³/mol. The second-order valence-corrected chi connectivity index (χ2v) is 5.87. The molecule has 1 N–H and O–H groups in total. The molecule has 2 heterocycles. The summed E-state index contributed by atoms with van der Waals surface area (Å²) in [5.41, 5.74) is 2.17. The first-order valence-corrected chi connectivity index (χ1v) is 8.11. The van der Waals surface area contributed by atoms with Crippen molar-refractivity contribution in [2.24, 2.45) is 0 Å². The lowest BCUT2D eigenvalue weighted by atomic mass is 10.0. The Hall–Kier alpha value is -3.48. The largest absolute Gasteiger partial charge is 0.373 e. The Labute approximate surface area is 152 Å². The van der Waals surface area contributed by atoms with Gasteiger partial charge in [-0.2, -0.15) is 0 Å². The quantitative estimate of drug-likeness (QED) is 0.528. The number of fused-ring (bicyclic) bond motifs is 1. The number of hydrogen-bond acceptors (Lipinski definition) is 4. The number of anilines is 1. The van der Waals surface area contributed by atoms with Crippen LogP contribution in [0.15, 0.2) is 54.9 Å². The molecule has 0 unspecified atom stereocenters. The van der Waals surface area contributed by atoms with Gasteiger partial charge in [-0.25, -0.2) is 23.1 Å². The Morgan fingerprint density at radius 2 is 1.63 bits per heavy atom. The summed E-state index contributed by atoms with van der Waals surface area (Å²) < 4.78 is 40.4. The smallest absolute Gasteiger partial charge is 0.194 e. The lowest BCUT2D eigenvalue weighted by molar-refractivity contribution is 0.448. The van der Waals surface area contributed by atoms with Crippen LogP contribution in [-0.4, -0.2) is 22.0 Å². The van der Waals surface area contributed by atoms with Crippen molar-refractivity contribution in [3.8, 4) is 22.5 Å². The van der Waals surface area contributed by atoms with Crippen molar-refractivity contribution in [1.29, 1.82) is 0 Å². The van der Waals surface area contributed by atoms with Gasteiger partial charge in [0.15, 0.2) is 23.3 Å². The molecular formula is C20H13F3N4. The number of pyridine rings is 1. The maximum atomic E-state index is 13.6. The van der Waals surface area contributed by atoms with Gasteiger partial charge in [0, 0.05) is 30.4 Å². The summed E-state index contributed by atoms with van der Waals surface area (Å²) in [6, 6.07) is 10.7. The van der Waals surface area contributed by atoms with Crippen LogP contribution in [0.5, 0.6) is 0 Å². The van der Waals surface area contributed by atoms with Gasteiger partial charge in [-0.15, -0.1) is 0 Å². The lowest BCUT2D eigenvalue weighted by Gasteiger charge is -2.10. The Kier molecular flexibility index (Phi) is 4.19. The number of hydrogen-bond donors (Lipinski definition) is 1. The molecule has 27 heavy (non-hydrogen) atoms. The van der Waals surface area contributed by atoms with Crippen molar-refractivity contribution >= 4 is 16.7 Å². The highest BCUT2D eigenvalue weighted by Gasteiger charge is 2.14. The van der Waals surface area contributed by atoms with Crippen molar-refractivity contribution in [3.63, 3.8) is 0 Å². The van der Waals surface area contributed by atoms with Gasteiger partial charge in [-0.1, -0.05) is 6.07 Å². The maximum Gasteiger partial charge on any atom is 0.194 e. The van der Waals surface area contributed by atoms with Crippen LogP contribution in [0, 0.1) is 17.5 Å². The molecule has 7 heteroatoms. The van der Waals surface area contributed by atoms with Crippen LogP contribution in [-0.2, 0) is 0 Å². The summed E-state index contributed by atoms with van der Waals surface area (Å²) in [7, 11) is 1.72. The molecule has 0 aliphatic heterocycles. The molecule has 2 aromatic carbocycles. The van der Waals surface area contributed by atoms with Crippen LogP contribution in [0.3, 0.4) is 0 Å². The van der Waals surface area contributed by atoms with Crippen LogP contribution in [0.2, 0.25) is 0 Å². The Morgan fingerprint density at radius 3 is 2.30 bits per heavy atom. The first-order chi connectivity index (χ1) is 13.1. The van der Waals surface area contributed by atoms with Gasteiger partial charge < -0.3 is 5.32 Å². The summed E-state index contributed by atoms with van der Waals surface area (Å²) in [5, 5.41) is 3.68. The SMILES string of the molecule is CNc1nc(-c2cccnc2)nc2ccc(-c3cc(F)c(F)c(F)c3)cc12. The van der Waals surface area contributed by atoms with Crippen molar-refractivity contribution in [1.82, 2.24) is 15.0 Å². The number of nitrogens with zero attached hydrogens (tertiary/aromatic N) is 3. The number of nitrogens with one attached hydrogen (secondary N) is 1. The molecule has 4 aromatic rings. The van der Waals surface area contributed by atoms with Gasteiger partial charge in [-0.3, -0.25) is 4.98 Å². The first kappa shape index (κ1) is 17.0. The van der Waals surface area contributed by atoms with E-state index in [-0.39, 0.29) is 5.56 Å². The molecule has 0 fully saturated rings. The minimum Gasteiger partial charge on any atom is -0.373 e. The third-order valence-corrected chi connectivity index (χ3v) is 4.17. The van der Waals surface area contributed by atoms with Gasteiger partial charge in [0.25, 0.3) is 0 Å². The summed E-state index contributed by atoms with van der Waals surface area (Å²) >= 11 is 0. The molecule has 134 valence electrons. The van der Waals surface area contributed by atoms with Gasteiger partial charge in [0.1, 0.15) is 5.82 Å². The molecule has 0 aliphatic rings. The van der Waals surface area contributed by atoms with Crippen LogP contribution < -0.4 is 5.32 Å². The van der Waals surface area contributed by atoms with Crippen molar-refractivity contribution < 1.29 is 13.2 Å². The molecule has 0 atom stereocenters. The highest BCUT2D eigenvalue weighted by molar-refractivity contribution is 5.93. The minimum absolute atomic E-state index is 0.228. The van der Waals surface area contributed by atoms with E-state index in [1.54, 1.807) is 43.7 Å². The molecule has 0 spiro atoms. The topological polar surface area (TPSA) is 50.7 Å². The Balaban J connectivity index is 1.88. The van der Waals surface area contributed by atoms with Crippen LogP contribution in [0.4, 0.5) is 19.0 Å². The summed E-state index contributed by atoms with van der Waals surface area (Å²) in [4.78, 5) is 13.1. The van der Waals surface area contributed by atoms with Gasteiger partial charge >= 0.3 is 0 Å². The van der Waals surface area contributed by atoms with E-state index < -0.39 is 17.5 Å². The van der Waals surface area contributed by atoms with E-state index in [1.807, 2.05) is 6.07 Å². The lowest BCUT2D eigenvalue weighted by Crippen LogP contribution is -1.99. The first-order valence-electron chi connectivity index (χ1n) is 8.11. The number of aromatic nitrogens is 3. The summed E-state index contributed by atoms with van der Waals surface area (Å²) in [6.07, 6.45) is 3.33. The third-order valence-electron chi connectivity index (χ3n) is 4.17. The van der Waals surface area contributed by atoms with Gasteiger partial charge in [0.2, 0.25) is 0 Å². The second kappa shape index (κ2) is 6.68. The molecule has 0 radical (unpaired) electrons. The van der Waals surface area contributed by atoms with Crippen LogP contribution in [0.1, 0.15) is 0 Å². The molecule has 0 bridgehead atoms. The fourth-order valence-corrected chi connectivity index (χ4v) is 2.84. The normalized spacial score (nSPS) is 11.0. The van der Waals surface area contributed by atoms with E-state index in [1.165, 1.54) is 0 Å². The zero-order chi connectivity index (χ0) is 19.0. The van der Waals surface area contributed by atoms with Crippen molar-refractivity contribution in [2.45, 2.75) is 0 Å². The molecule has 0 saturated heterocycles. The average Bonchev–Trinajstić information content (AvgIpc) is 2.71. The highest BCUT2D eigenvalue weighted by atomic mass is 19.2. The zero-order valence-corrected chi connectivity index (χ0v) is 14.2. The monoisotopic (exact) mass is 366 g/mol.